The van der Waals surface area contributed by atoms with Gasteiger partial charge in [-0.3, -0.25) is 20.2 Å². The number of nitro benzene ring substituents is 2. The molecule has 8 heteroatoms. The lowest BCUT2D eigenvalue weighted by Gasteiger charge is -2.45. The van der Waals surface area contributed by atoms with Crippen LogP contribution >= 0.6 is 0 Å². The van der Waals surface area contributed by atoms with Gasteiger partial charge in [-0.1, -0.05) is 0 Å². The maximum absolute atomic E-state index is 10.9. The Balaban J connectivity index is 2.36. The maximum atomic E-state index is 10.9. The van der Waals surface area contributed by atoms with E-state index in [4.69, 9.17) is 0 Å². The normalized spacial score (nSPS) is 17.1. The van der Waals surface area contributed by atoms with Gasteiger partial charge in [0.1, 0.15) is 5.69 Å². The first-order valence-corrected chi connectivity index (χ1v) is 5.20. The Morgan fingerprint density at radius 2 is 1.89 bits per heavy atom. The molecule has 1 heterocycles. The molecule has 1 fully saturated rings. The average Bonchev–Trinajstić information content (AvgIpc) is 2.24. The number of hydrogen-bond acceptors (Lipinski definition) is 6. The second-order valence-electron chi connectivity index (χ2n) is 4.54. The van der Waals surface area contributed by atoms with Crippen LogP contribution in [0.3, 0.4) is 0 Å². The van der Waals surface area contributed by atoms with Crippen LogP contribution in [0.1, 0.15) is 6.92 Å². The largest absolute Gasteiger partial charge is 0.386 e. The van der Waals surface area contributed by atoms with Gasteiger partial charge in [0.15, 0.2) is 0 Å². The second-order valence-corrected chi connectivity index (χ2v) is 4.54. The number of hydrogen-bond donors (Lipinski definition) is 1. The molecule has 0 radical (unpaired) electrons. The van der Waals surface area contributed by atoms with Gasteiger partial charge >= 0.3 is 0 Å². The van der Waals surface area contributed by atoms with E-state index in [2.05, 4.69) is 0 Å². The number of β-amino-alcohol motifs (C(OH)–C–C–N with tert-alkyl or cyclic N) is 1. The van der Waals surface area contributed by atoms with Crippen molar-refractivity contribution in [2.45, 2.75) is 12.5 Å². The van der Waals surface area contributed by atoms with Gasteiger partial charge in [-0.15, -0.1) is 0 Å². The molecule has 18 heavy (non-hydrogen) atoms. The van der Waals surface area contributed by atoms with Crippen LogP contribution in [0.2, 0.25) is 0 Å². The lowest BCUT2D eigenvalue weighted by atomic mass is 9.96. The number of benzene rings is 1. The van der Waals surface area contributed by atoms with Crippen LogP contribution < -0.4 is 4.90 Å². The van der Waals surface area contributed by atoms with Gasteiger partial charge in [-0.2, -0.15) is 0 Å². The Labute approximate surface area is 102 Å². The second kappa shape index (κ2) is 3.91. The standard InChI is InChI=1S/C10H11N3O5/c1-10(14)5-11(6-10)8-3-2-7(12(15)16)4-9(8)13(17)18/h2-4,14H,5-6H2,1H3. The molecule has 1 saturated heterocycles. The molecule has 1 aliphatic heterocycles. The summed E-state index contributed by atoms with van der Waals surface area (Å²) in [6.07, 6.45) is 0. The minimum atomic E-state index is -0.865. The minimum absolute atomic E-state index is 0.269. The quantitative estimate of drug-likeness (QED) is 0.637. The fourth-order valence-corrected chi connectivity index (χ4v) is 1.99. The molecule has 0 spiro atoms. The van der Waals surface area contributed by atoms with Crippen molar-refractivity contribution in [1.82, 2.24) is 0 Å². The number of aliphatic hydroxyl groups is 1. The highest BCUT2D eigenvalue weighted by molar-refractivity contribution is 5.68. The van der Waals surface area contributed by atoms with Crippen molar-refractivity contribution in [3.05, 3.63) is 38.4 Å². The van der Waals surface area contributed by atoms with Crippen molar-refractivity contribution >= 4 is 17.1 Å². The Hall–Kier alpha value is -2.22. The molecule has 1 aliphatic rings. The predicted octanol–water partition coefficient (Wildman–Crippen LogP) is 1.07. The number of non-ortho nitro benzene ring substituents is 1. The number of anilines is 1. The van der Waals surface area contributed by atoms with Gasteiger partial charge < -0.3 is 10.0 Å². The van der Waals surface area contributed by atoms with Gasteiger partial charge in [-0.05, 0) is 13.0 Å². The zero-order valence-corrected chi connectivity index (χ0v) is 9.57. The molecule has 0 unspecified atom stereocenters. The molecule has 1 aromatic carbocycles. The summed E-state index contributed by atoms with van der Waals surface area (Å²) >= 11 is 0. The first-order chi connectivity index (χ1) is 8.30. The lowest BCUT2D eigenvalue weighted by molar-refractivity contribution is -0.393. The summed E-state index contributed by atoms with van der Waals surface area (Å²) in [6.45, 7) is 2.16. The zero-order chi connectivity index (χ0) is 13.5. The molecule has 1 N–H and O–H groups in total. The van der Waals surface area contributed by atoms with Gasteiger partial charge in [0, 0.05) is 19.2 Å². The average molecular weight is 253 g/mol. The monoisotopic (exact) mass is 253 g/mol. The molecule has 0 amide bonds. The van der Waals surface area contributed by atoms with Crippen LogP contribution in [0.4, 0.5) is 17.1 Å². The molecule has 0 bridgehead atoms. The van der Waals surface area contributed by atoms with Crippen LogP contribution in [0.25, 0.3) is 0 Å². The molecule has 0 aliphatic carbocycles. The number of nitro groups is 2. The van der Waals surface area contributed by atoms with Crippen molar-refractivity contribution in [1.29, 1.82) is 0 Å². The van der Waals surface area contributed by atoms with E-state index in [9.17, 15) is 25.3 Å². The molecule has 0 atom stereocenters. The Kier molecular flexibility index (Phi) is 2.66. The molecular weight excluding hydrogens is 242 g/mol. The molecule has 96 valence electrons. The molecular formula is C10H11N3O5. The van der Waals surface area contributed by atoms with Crippen molar-refractivity contribution < 1.29 is 15.0 Å². The van der Waals surface area contributed by atoms with Crippen LogP contribution in [-0.2, 0) is 0 Å². The first kappa shape index (κ1) is 12.2. The highest BCUT2D eigenvalue weighted by Gasteiger charge is 2.39. The van der Waals surface area contributed by atoms with Crippen LogP contribution in [0.15, 0.2) is 18.2 Å². The van der Waals surface area contributed by atoms with Crippen LogP contribution in [0, 0.1) is 20.2 Å². The van der Waals surface area contributed by atoms with Gasteiger partial charge in [0.2, 0.25) is 0 Å². The zero-order valence-electron chi connectivity index (χ0n) is 9.57. The van der Waals surface area contributed by atoms with E-state index in [1.165, 1.54) is 12.1 Å². The topological polar surface area (TPSA) is 110 Å². The van der Waals surface area contributed by atoms with E-state index in [0.29, 0.717) is 0 Å². The fourth-order valence-electron chi connectivity index (χ4n) is 1.99. The van der Waals surface area contributed by atoms with E-state index in [-0.39, 0.29) is 30.2 Å². The third-order valence-electron chi connectivity index (χ3n) is 2.77. The number of nitrogens with zero attached hydrogens (tertiary/aromatic N) is 3. The van der Waals surface area contributed by atoms with Crippen LogP contribution in [-0.4, -0.2) is 33.6 Å². The van der Waals surface area contributed by atoms with Crippen LogP contribution in [0.5, 0.6) is 0 Å². The van der Waals surface area contributed by atoms with Gasteiger partial charge in [-0.25, -0.2) is 0 Å². The molecule has 2 rings (SSSR count). The third-order valence-corrected chi connectivity index (χ3v) is 2.77. The highest BCUT2D eigenvalue weighted by Crippen LogP contribution is 2.36. The predicted molar refractivity (Wildman–Crippen MR) is 62.6 cm³/mol. The summed E-state index contributed by atoms with van der Waals surface area (Å²) in [7, 11) is 0. The summed E-state index contributed by atoms with van der Waals surface area (Å²) in [5, 5.41) is 31.1. The third kappa shape index (κ3) is 2.09. The minimum Gasteiger partial charge on any atom is -0.386 e. The fraction of sp³-hybridized carbons (Fsp3) is 0.400. The summed E-state index contributed by atoms with van der Waals surface area (Å²) in [5.41, 5.74) is -1.22. The van der Waals surface area contributed by atoms with E-state index in [1.807, 2.05) is 0 Å². The highest BCUT2D eigenvalue weighted by atomic mass is 16.6. The summed E-state index contributed by atoms with van der Waals surface area (Å²) in [4.78, 5) is 21.7. The molecule has 8 nitrogen and oxygen atoms in total. The maximum Gasteiger partial charge on any atom is 0.299 e. The van der Waals surface area contributed by atoms with E-state index in [1.54, 1.807) is 11.8 Å². The smallest absolute Gasteiger partial charge is 0.299 e. The van der Waals surface area contributed by atoms with E-state index >= 15 is 0 Å². The Morgan fingerprint density at radius 3 is 2.33 bits per heavy atom. The molecule has 0 aromatic heterocycles. The Morgan fingerprint density at radius 1 is 1.28 bits per heavy atom. The molecule has 0 saturated carbocycles. The number of rotatable bonds is 3. The Bertz CT molecular complexity index is 520. The molecule has 1 aromatic rings. The van der Waals surface area contributed by atoms with Gasteiger partial charge in [0.25, 0.3) is 11.4 Å². The van der Waals surface area contributed by atoms with Crippen molar-refractivity contribution in [3.63, 3.8) is 0 Å². The summed E-state index contributed by atoms with van der Waals surface area (Å²) in [5.74, 6) is 0. The SMILES string of the molecule is CC1(O)CN(c2ccc([N+](=O)[O-])cc2[N+](=O)[O-])C1. The first-order valence-electron chi connectivity index (χ1n) is 5.20. The lowest BCUT2D eigenvalue weighted by Crippen LogP contribution is -2.60. The van der Waals surface area contributed by atoms with Gasteiger partial charge in [0.05, 0.1) is 21.5 Å². The van der Waals surface area contributed by atoms with E-state index < -0.39 is 15.4 Å². The van der Waals surface area contributed by atoms with Crippen molar-refractivity contribution in [2.75, 3.05) is 18.0 Å². The van der Waals surface area contributed by atoms with E-state index in [0.717, 1.165) is 6.07 Å². The van der Waals surface area contributed by atoms with Crippen molar-refractivity contribution in [2.24, 2.45) is 0 Å². The van der Waals surface area contributed by atoms with Crippen molar-refractivity contribution in [3.8, 4) is 0 Å². The summed E-state index contributed by atoms with van der Waals surface area (Å²) in [6, 6.07) is 3.49. The summed E-state index contributed by atoms with van der Waals surface area (Å²) < 4.78 is 0.